The average molecular weight is 478 g/mol. The van der Waals surface area contributed by atoms with Crippen LogP contribution in [-0.2, 0) is 10.0 Å². The van der Waals surface area contributed by atoms with Crippen LogP contribution < -0.4 is 26.2 Å². The molecule has 0 spiro atoms. The highest BCUT2D eigenvalue weighted by atomic mass is 35.5. The fraction of sp³-hybridized carbons (Fsp3) is 0.238. The first-order valence-electron chi connectivity index (χ1n) is 9.65. The Bertz CT molecular complexity index is 1380. The first-order valence-corrected chi connectivity index (χ1v) is 11.5. The number of benzene rings is 2. The van der Waals surface area contributed by atoms with Gasteiger partial charge < -0.3 is 20.5 Å². The Labute approximate surface area is 188 Å². The van der Waals surface area contributed by atoms with Crippen molar-refractivity contribution >= 4 is 38.7 Å². The summed E-state index contributed by atoms with van der Waals surface area (Å²) in [5, 5.41) is 16.2. The number of aromatic hydroxyl groups is 1. The molecule has 0 amide bonds. The zero-order chi connectivity index (χ0) is 23.2. The van der Waals surface area contributed by atoms with Crippen LogP contribution >= 0.6 is 11.6 Å². The molecule has 0 saturated heterocycles. The first-order chi connectivity index (χ1) is 15.1. The van der Waals surface area contributed by atoms with Gasteiger partial charge in [-0.15, -0.1) is 0 Å². The molecule has 0 unspecified atom stereocenters. The van der Waals surface area contributed by atoms with Gasteiger partial charge in [-0.1, -0.05) is 29.8 Å². The van der Waals surface area contributed by atoms with E-state index in [0.29, 0.717) is 18.8 Å². The third-order valence-electron chi connectivity index (χ3n) is 5.27. The van der Waals surface area contributed by atoms with E-state index < -0.39 is 31.5 Å². The summed E-state index contributed by atoms with van der Waals surface area (Å²) < 4.78 is 31.6. The van der Waals surface area contributed by atoms with E-state index in [1.807, 2.05) is 24.3 Å². The van der Waals surface area contributed by atoms with Gasteiger partial charge in [0.2, 0.25) is 10.0 Å². The molecular weight excluding hydrogens is 458 g/mol. The maximum atomic E-state index is 12.6. The third kappa shape index (κ3) is 3.60. The van der Waals surface area contributed by atoms with Gasteiger partial charge in [0.15, 0.2) is 5.75 Å². The van der Waals surface area contributed by atoms with Crippen LogP contribution in [0.1, 0.15) is 18.0 Å². The smallest absolute Gasteiger partial charge is 0.253 e. The number of hydrogen-bond donors (Lipinski definition) is 3. The van der Waals surface area contributed by atoms with Crippen molar-refractivity contribution in [3.8, 4) is 11.5 Å². The van der Waals surface area contributed by atoms with Gasteiger partial charge >= 0.3 is 0 Å². The second kappa shape index (κ2) is 8.12. The van der Waals surface area contributed by atoms with Gasteiger partial charge in [-0.25, -0.2) is 12.7 Å². The van der Waals surface area contributed by atoms with E-state index in [4.69, 9.17) is 16.3 Å². The molecule has 9 nitrogen and oxygen atoms in total. The lowest BCUT2D eigenvalue weighted by molar-refractivity contribution is 0.274. The summed E-state index contributed by atoms with van der Waals surface area (Å²) in [6.07, 6.45) is 0.576. The zero-order valence-corrected chi connectivity index (χ0v) is 18.7. The number of para-hydroxylation sites is 1. The molecule has 0 fully saturated rings. The molecule has 0 saturated carbocycles. The van der Waals surface area contributed by atoms with Crippen LogP contribution in [-0.4, -0.2) is 38.5 Å². The first kappa shape index (κ1) is 22.1. The summed E-state index contributed by atoms with van der Waals surface area (Å²) in [6.45, 7) is 0.441. The minimum atomic E-state index is -4.07. The van der Waals surface area contributed by atoms with Gasteiger partial charge in [0.1, 0.15) is 22.0 Å². The molecule has 3 N–H and O–H groups in total. The van der Waals surface area contributed by atoms with Gasteiger partial charge in [0, 0.05) is 26.1 Å². The molecule has 0 bridgehead atoms. The number of nitrogens with zero attached hydrogens (tertiary/aromatic N) is 1. The summed E-state index contributed by atoms with van der Waals surface area (Å²) >= 11 is 6.02. The molecule has 32 heavy (non-hydrogen) atoms. The lowest BCUT2D eigenvalue weighted by Gasteiger charge is -2.28. The molecule has 1 aliphatic rings. The lowest BCUT2D eigenvalue weighted by Crippen LogP contribution is -2.38. The largest absolute Gasteiger partial charge is 0.504 e. The molecule has 1 aliphatic heterocycles. The number of sulfonamides is 1. The standard InChI is InChI=1S/C21H20ClN3O6S/c1-25(2)32(29,30)21-12(22)7-8-14(18(21)26)24-17-16(19(27)20(17)28)23-13-9-10-31-15-6-4-3-5-11(13)15/h3-8,13,23-24,26H,9-10H2,1-2H3/t13-/m1/s1. The quantitative estimate of drug-likeness (QED) is 0.365. The Balaban J connectivity index is 1.68. The number of hydrogen-bond acceptors (Lipinski definition) is 8. The molecule has 3 aromatic rings. The number of ether oxygens (including phenoxy) is 1. The van der Waals surface area contributed by atoms with E-state index in [1.54, 1.807) is 0 Å². The van der Waals surface area contributed by atoms with E-state index in [9.17, 15) is 23.1 Å². The van der Waals surface area contributed by atoms with Crippen molar-refractivity contribution in [3.63, 3.8) is 0 Å². The maximum absolute atomic E-state index is 12.6. The summed E-state index contributed by atoms with van der Waals surface area (Å²) in [7, 11) is -1.46. The Hall–Kier alpha value is -3.08. The number of nitrogens with one attached hydrogen (secondary N) is 2. The van der Waals surface area contributed by atoms with E-state index >= 15 is 0 Å². The summed E-state index contributed by atoms with van der Waals surface area (Å²) in [5.41, 5.74) is -0.707. The van der Waals surface area contributed by atoms with Crippen molar-refractivity contribution < 1.29 is 18.3 Å². The van der Waals surface area contributed by atoms with Crippen LogP contribution in [0.2, 0.25) is 5.02 Å². The Morgan fingerprint density at radius 3 is 2.50 bits per heavy atom. The average Bonchev–Trinajstić information content (AvgIpc) is 2.77. The van der Waals surface area contributed by atoms with E-state index in [2.05, 4.69) is 10.6 Å². The van der Waals surface area contributed by atoms with Gasteiger partial charge in [-0.05, 0) is 18.2 Å². The Morgan fingerprint density at radius 2 is 1.78 bits per heavy atom. The van der Waals surface area contributed by atoms with Gasteiger partial charge in [-0.3, -0.25) is 9.59 Å². The van der Waals surface area contributed by atoms with Crippen molar-refractivity contribution in [1.82, 2.24) is 4.31 Å². The minimum absolute atomic E-state index is 0.0584. The number of halogens is 1. The van der Waals surface area contributed by atoms with Crippen LogP contribution in [0.5, 0.6) is 11.5 Å². The fourth-order valence-electron chi connectivity index (χ4n) is 3.52. The molecular formula is C21H20ClN3O6S. The van der Waals surface area contributed by atoms with E-state index in [0.717, 1.165) is 9.87 Å². The number of anilines is 3. The second-order valence-electron chi connectivity index (χ2n) is 7.47. The Kier molecular flexibility index (Phi) is 5.61. The molecule has 0 aromatic heterocycles. The minimum Gasteiger partial charge on any atom is -0.504 e. The van der Waals surface area contributed by atoms with Crippen molar-refractivity contribution in [1.29, 1.82) is 0 Å². The molecule has 1 heterocycles. The van der Waals surface area contributed by atoms with Gasteiger partial charge in [-0.2, -0.15) is 0 Å². The molecule has 3 aromatic carbocycles. The predicted octanol–water partition coefficient (Wildman–Crippen LogP) is 2.57. The van der Waals surface area contributed by atoms with Crippen molar-refractivity contribution in [2.24, 2.45) is 0 Å². The summed E-state index contributed by atoms with van der Waals surface area (Å²) in [6, 6.07) is 9.74. The number of phenols is 1. The molecule has 4 rings (SSSR count). The molecule has 1 atom stereocenters. The van der Waals surface area contributed by atoms with E-state index in [1.165, 1.54) is 26.2 Å². The van der Waals surface area contributed by atoms with Gasteiger partial charge in [0.25, 0.3) is 10.9 Å². The highest BCUT2D eigenvalue weighted by Gasteiger charge is 2.30. The number of rotatable bonds is 6. The molecule has 0 aliphatic carbocycles. The fourth-order valence-corrected chi connectivity index (χ4v) is 5.00. The van der Waals surface area contributed by atoms with Crippen LogP contribution in [0.4, 0.5) is 17.1 Å². The number of phenolic OH excluding ortho intramolecular Hbond substituents is 1. The SMILES string of the molecule is CN(C)S(=O)(=O)c1c(Cl)ccc(Nc2c(N[C@@H]3CCOc4ccccc43)c(=O)c2=O)c1O. The van der Waals surface area contributed by atoms with Crippen LogP contribution in [0.25, 0.3) is 0 Å². The Morgan fingerprint density at radius 1 is 1.09 bits per heavy atom. The van der Waals surface area contributed by atoms with Gasteiger partial charge in [0.05, 0.1) is 23.4 Å². The molecule has 11 heteroatoms. The predicted molar refractivity (Wildman–Crippen MR) is 122 cm³/mol. The highest BCUT2D eigenvalue weighted by molar-refractivity contribution is 7.89. The van der Waals surface area contributed by atoms with Crippen molar-refractivity contribution in [3.05, 3.63) is 67.4 Å². The van der Waals surface area contributed by atoms with E-state index in [-0.39, 0.29) is 28.1 Å². The van der Waals surface area contributed by atoms with Crippen molar-refractivity contribution in [2.45, 2.75) is 17.4 Å². The van der Waals surface area contributed by atoms with Crippen LogP contribution in [0.3, 0.4) is 0 Å². The zero-order valence-electron chi connectivity index (χ0n) is 17.2. The number of fused-ring (bicyclic) bond motifs is 1. The maximum Gasteiger partial charge on any atom is 0.253 e. The highest BCUT2D eigenvalue weighted by Crippen LogP contribution is 2.40. The molecule has 168 valence electrons. The van der Waals surface area contributed by atoms with Crippen LogP contribution in [0, 0.1) is 0 Å². The van der Waals surface area contributed by atoms with Crippen LogP contribution in [0.15, 0.2) is 50.9 Å². The normalized spacial score (nSPS) is 15.9. The monoisotopic (exact) mass is 477 g/mol. The van der Waals surface area contributed by atoms with Crippen molar-refractivity contribution in [2.75, 3.05) is 31.3 Å². The summed E-state index contributed by atoms with van der Waals surface area (Å²) in [4.78, 5) is 24.0. The lowest BCUT2D eigenvalue weighted by atomic mass is 9.99. The summed E-state index contributed by atoms with van der Waals surface area (Å²) in [5.74, 6) is 0.0416. The topological polar surface area (TPSA) is 125 Å². The molecule has 0 radical (unpaired) electrons. The second-order valence-corrected chi connectivity index (χ2v) is 9.96. The third-order valence-corrected chi connectivity index (χ3v) is 7.59.